The van der Waals surface area contributed by atoms with Crippen LogP contribution in [0, 0.1) is 0 Å². The van der Waals surface area contributed by atoms with Crippen LogP contribution in [0.4, 0.5) is 0 Å². The summed E-state index contributed by atoms with van der Waals surface area (Å²) in [6.07, 6.45) is 30.8. The van der Waals surface area contributed by atoms with Gasteiger partial charge >= 0.3 is 37.7 Å². The Balaban J connectivity index is 0.000000440. The third-order valence-electron chi connectivity index (χ3n) is 11.4. The van der Waals surface area contributed by atoms with E-state index in [0.29, 0.717) is 47.0 Å². The van der Waals surface area contributed by atoms with E-state index in [0.717, 1.165) is 44.6 Å². The number of aryl methyl sites for hydroxylation is 2. The first kappa shape index (κ1) is 58.3. The van der Waals surface area contributed by atoms with Gasteiger partial charge in [0, 0.05) is 11.0 Å². The molecule has 0 radical (unpaired) electrons. The topological polar surface area (TPSA) is 173 Å². The van der Waals surface area contributed by atoms with Gasteiger partial charge in [0.05, 0.1) is 0 Å². The van der Waals surface area contributed by atoms with Crippen molar-refractivity contribution in [2.24, 2.45) is 0 Å². The Kier molecular flexibility index (Phi) is 30.1. The summed E-state index contributed by atoms with van der Waals surface area (Å²) in [6, 6.07) is 23.0. The molecule has 0 bridgehead atoms. The summed E-state index contributed by atoms with van der Waals surface area (Å²) in [5.41, 5.74) is 1.24. The molecular formula is C52H74CaO10S2. The van der Waals surface area contributed by atoms with Crippen molar-refractivity contribution >= 4 is 58.0 Å². The van der Waals surface area contributed by atoms with Gasteiger partial charge in [-0.1, -0.05) is 197 Å². The molecular weight excluding hydrogens is 889 g/mol. The second-order valence-electron chi connectivity index (χ2n) is 16.9. The van der Waals surface area contributed by atoms with E-state index in [4.69, 9.17) is 9.47 Å². The number of para-hydroxylation sites is 2. The fraction of sp³-hybridized carbons (Fsp3) is 0.538. The van der Waals surface area contributed by atoms with Crippen molar-refractivity contribution < 1.29 is 45.6 Å². The van der Waals surface area contributed by atoms with Crippen molar-refractivity contribution in [1.82, 2.24) is 0 Å². The maximum atomic E-state index is 12.1. The summed E-state index contributed by atoms with van der Waals surface area (Å²) in [5, 5.41) is 22.2. The summed E-state index contributed by atoms with van der Waals surface area (Å²) >= 11 is 0. The van der Waals surface area contributed by atoms with E-state index >= 15 is 0 Å². The van der Waals surface area contributed by atoms with Crippen LogP contribution >= 0.6 is 0 Å². The molecule has 10 nitrogen and oxygen atoms in total. The maximum Gasteiger partial charge on any atom is 2.00 e. The number of hydrogen-bond acceptors (Lipinski definition) is 9. The number of rotatable bonds is 32. The van der Waals surface area contributed by atoms with E-state index in [1.807, 2.05) is 36.4 Å². The molecule has 0 atom stereocenters. The quantitative estimate of drug-likeness (QED) is 0.0272. The van der Waals surface area contributed by atoms with Gasteiger partial charge in [-0.05, 0) is 79.3 Å². The van der Waals surface area contributed by atoms with E-state index in [1.165, 1.54) is 134 Å². The molecule has 0 aromatic heterocycles. The summed E-state index contributed by atoms with van der Waals surface area (Å²) in [7, 11) is -9.33. The maximum absolute atomic E-state index is 12.1. The number of aromatic hydroxyl groups is 1. The molecule has 4 aromatic carbocycles. The van der Waals surface area contributed by atoms with Crippen molar-refractivity contribution in [2.45, 2.75) is 191 Å². The van der Waals surface area contributed by atoms with Crippen molar-refractivity contribution in [1.29, 1.82) is 0 Å². The van der Waals surface area contributed by atoms with Crippen LogP contribution in [0.5, 0.6) is 34.5 Å². The van der Waals surface area contributed by atoms with Crippen molar-refractivity contribution in [3.05, 3.63) is 96.1 Å². The van der Waals surface area contributed by atoms with Crippen molar-refractivity contribution in [3.8, 4) is 34.5 Å². The van der Waals surface area contributed by atoms with Gasteiger partial charge in [-0.15, -0.1) is 0 Å². The number of phenols is 1. The van der Waals surface area contributed by atoms with Gasteiger partial charge in [-0.25, -0.2) is 8.42 Å². The predicted octanol–water partition coefficient (Wildman–Crippen LogP) is 14.0. The Bertz CT molecular complexity index is 1950. The first-order valence-corrected chi connectivity index (χ1v) is 26.8. The molecule has 0 aliphatic rings. The molecule has 0 amide bonds. The van der Waals surface area contributed by atoms with Crippen LogP contribution in [0.3, 0.4) is 0 Å². The van der Waals surface area contributed by atoms with Gasteiger partial charge in [0.25, 0.3) is 10.1 Å². The molecule has 2 N–H and O–H groups in total. The first-order chi connectivity index (χ1) is 30.8. The number of ether oxygens (including phenoxy) is 2. The average molecular weight is 963 g/mol. The summed E-state index contributed by atoms with van der Waals surface area (Å²) in [5.74, 6) is 0.533. The van der Waals surface area contributed by atoms with Gasteiger partial charge in [-0.2, -0.15) is 8.42 Å². The van der Waals surface area contributed by atoms with Crippen LogP contribution in [0.2, 0.25) is 0 Å². The first-order valence-electron chi connectivity index (χ1n) is 23.9. The fourth-order valence-corrected chi connectivity index (χ4v) is 8.91. The molecule has 0 aliphatic heterocycles. The normalized spacial score (nSPS) is 11.4. The third-order valence-corrected chi connectivity index (χ3v) is 13.1. The van der Waals surface area contributed by atoms with Gasteiger partial charge in [0.1, 0.15) is 43.8 Å². The van der Waals surface area contributed by atoms with Crippen LogP contribution in [0.25, 0.3) is 0 Å². The molecule has 0 heterocycles. The fourth-order valence-electron chi connectivity index (χ4n) is 7.70. The van der Waals surface area contributed by atoms with E-state index in [2.05, 4.69) is 13.8 Å². The number of unbranched alkanes of at least 4 members (excludes halogenated alkanes) is 22. The van der Waals surface area contributed by atoms with Crippen LogP contribution in [-0.2, 0) is 33.1 Å². The molecule has 0 saturated heterocycles. The minimum Gasteiger partial charge on any atom is -0.872 e. The van der Waals surface area contributed by atoms with E-state index in [9.17, 15) is 36.2 Å². The van der Waals surface area contributed by atoms with Crippen LogP contribution < -0.4 is 14.6 Å². The Labute approximate surface area is 421 Å². The minimum atomic E-state index is -4.82. The number of phenolic OH excluding ortho intramolecular Hbond substituents is 1. The zero-order chi connectivity index (χ0) is 46.5. The summed E-state index contributed by atoms with van der Waals surface area (Å²) in [6.45, 7) is 4.48. The Hall–Kier alpha value is -2.84. The predicted molar refractivity (Wildman–Crippen MR) is 260 cm³/mol. The molecule has 65 heavy (non-hydrogen) atoms. The smallest absolute Gasteiger partial charge is 0.872 e. The van der Waals surface area contributed by atoms with Gasteiger partial charge < -0.3 is 24.2 Å². The van der Waals surface area contributed by atoms with E-state index in [1.54, 1.807) is 24.3 Å². The second kappa shape index (κ2) is 33.6. The van der Waals surface area contributed by atoms with Gasteiger partial charge in [-0.3, -0.25) is 4.55 Å². The SMILES string of the molecule is CCCCCCCCCCCCCCc1cc(S(=O)(=O)O)c(O)cc1Oc1ccccc1.CCCCCCCCCCCCCCc1cc(S(=O)(=O)[O-])c([O-])cc1Oc1ccccc1.[Ca+2]. The molecule has 0 saturated carbocycles. The average Bonchev–Trinajstić information content (AvgIpc) is 3.25. The van der Waals surface area contributed by atoms with Crippen LogP contribution in [0.15, 0.2) is 94.7 Å². The largest absolute Gasteiger partial charge is 2.00 e. The second-order valence-corrected chi connectivity index (χ2v) is 19.6. The standard InChI is InChI=1S/2C26H38O5S.Ca/c2*1-2-3-4-5-6-7-8-9-10-11-12-14-17-22-20-26(32(28,29)30)24(27)21-25(22)31-23-18-15-13-16-19-23;/h2*13,15-16,18-21,27H,2-12,14,17H2,1H3,(H,28,29,30);/q;;+2/p-2. The molecule has 0 unspecified atom stereocenters. The van der Waals surface area contributed by atoms with Gasteiger partial charge in [0.15, 0.2) is 0 Å². The molecule has 0 aliphatic carbocycles. The Morgan fingerprint density at radius 2 is 0.800 bits per heavy atom. The van der Waals surface area contributed by atoms with Crippen LogP contribution in [-0.4, -0.2) is 68.8 Å². The van der Waals surface area contributed by atoms with Crippen LogP contribution in [0.1, 0.15) is 179 Å². The summed E-state index contributed by atoms with van der Waals surface area (Å²) in [4.78, 5) is -1.18. The summed E-state index contributed by atoms with van der Waals surface area (Å²) < 4.78 is 78.7. The Morgan fingerprint density at radius 1 is 0.477 bits per heavy atom. The molecule has 0 fully saturated rings. The monoisotopic (exact) mass is 962 g/mol. The molecule has 4 aromatic rings. The number of benzene rings is 4. The molecule has 13 heteroatoms. The van der Waals surface area contributed by atoms with E-state index in [-0.39, 0.29) is 37.7 Å². The Morgan fingerprint density at radius 3 is 1.14 bits per heavy atom. The van der Waals surface area contributed by atoms with Crippen molar-refractivity contribution in [2.75, 3.05) is 0 Å². The molecule has 4 rings (SSSR count). The zero-order valence-electron chi connectivity index (χ0n) is 39.2. The van der Waals surface area contributed by atoms with Gasteiger partial charge in [0.2, 0.25) is 0 Å². The van der Waals surface area contributed by atoms with Crippen molar-refractivity contribution in [3.63, 3.8) is 0 Å². The third kappa shape index (κ3) is 24.7. The number of hydrogen-bond donors (Lipinski definition) is 2. The minimum absolute atomic E-state index is 0. The molecule has 356 valence electrons. The molecule has 0 spiro atoms. The zero-order valence-corrected chi connectivity index (χ0v) is 43.0. The van der Waals surface area contributed by atoms with E-state index < -0.39 is 41.5 Å².